The Kier molecular flexibility index (Phi) is 3.93. The maximum Gasteiger partial charge on any atom is 0.101 e. The normalized spacial score (nSPS) is 12.3. The Morgan fingerprint density at radius 3 is 1.88 bits per heavy atom. The zero-order chi connectivity index (χ0) is 16.5. The van der Waals surface area contributed by atoms with Crippen molar-refractivity contribution in [3.63, 3.8) is 0 Å². The molecule has 24 heavy (non-hydrogen) atoms. The van der Waals surface area contributed by atoms with E-state index in [4.69, 9.17) is 23.2 Å². The standard InChI is InChI=1S/C20H12Cl2N2/c21-18-11-5-6-13(19(18)22)12-23-24-20-16-9-3-1-7-14(16)15-8-2-4-10-17(15)20/h1-12H/b23-12-. The third-order valence-electron chi connectivity index (χ3n) is 3.99. The molecule has 0 bridgehead atoms. The zero-order valence-electron chi connectivity index (χ0n) is 12.6. The summed E-state index contributed by atoms with van der Waals surface area (Å²) in [5, 5.41) is 9.69. The summed E-state index contributed by atoms with van der Waals surface area (Å²) in [5.41, 5.74) is 6.16. The molecule has 0 aromatic heterocycles. The Labute approximate surface area is 150 Å². The van der Waals surface area contributed by atoms with Gasteiger partial charge in [-0.05, 0) is 17.2 Å². The van der Waals surface area contributed by atoms with Gasteiger partial charge in [-0.3, -0.25) is 0 Å². The number of nitrogens with zero attached hydrogens (tertiary/aromatic N) is 2. The van der Waals surface area contributed by atoms with Crippen LogP contribution in [0.2, 0.25) is 10.0 Å². The molecule has 0 N–H and O–H groups in total. The van der Waals surface area contributed by atoms with E-state index in [1.165, 1.54) is 11.1 Å². The van der Waals surface area contributed by atoms with Gasteiger partial charge in [-0.2, -0.15) is 5.10 Å². The van der Waals surface area contributed by atoms with E-state index in [1.807, 2.05) is 36.4 Å². The summed E-state index contributed by atoms with van der Waals surface area (Å²) in [4.78, 5) is 0. The van der Waals surface area contributed by atoms with Crippen LogP contribution >= 0.6 is 23.2 Å². The molecule has 0 unspecified atom stereocenters. The van der Waals surface area contributed by atoms with Crippen LogP contribution in [0.25, 0.3) is 11.1 Å². The van der Waals surface area contributed by atoms with Crippen molar-refractivity contribution < 1.29 is 0 Å². The Morgan fingerprint density at radius 1 is 0.667 bits per heavy atom. The van der Waals surface area contributed by atoms with Crippen molar-refractivity contribution >= 4 is 35.1 Å². The quantitative estimate of drug-likeness (QED) is 0.320. The fraction of sp³-hybridized carbons (Fsp3) is 0. The summed E-state index contributed by atoms with van der Waals surface area (Å²) in [5.74, 6) is 0. The molecule has 3 aromatic rings. The first-order valence-corrected chi connectivity index (χ1v) is 8.25. The van der Waals surface area contributed by atoms with E-state index >= 15 is 0 Å². The molecule has 0 fully saturated rings. The molecular weight excluding hydrogens is 339 g/mol. The second kappa shape index (κ2) is 6.23. The van der Waals surface area contributed by atoms with Gasteiger partial charge in [0.2, 0.25) is 0 Å². The van der Waals surface area contributed by atoms with Crippen LogP contribution in [0, 0.1) is 0 Å². The summed E-state index contributed by atoms with van der Waals surface area (Å²) < 4.78 is 0. The highest BCUT2D eigenvalue weighted by molar-refractivity contribution is 6.43. The summed E-state index contributed by atoms with van der Waals surface area (Å²) in [6.45, 7) is 0. The van der Waals surface area contributed by atoms with Crippen molar-refractivity contribution in [2.45, 2.75) is 0 Å². The molecule has 0 spiro atoms. The highest BCUT2D eigenvalue weighted by Gasteiger charge is 2.23. The van der Waals surface area contributed by atoms with Crippen LogP contribution in [0.3, 0.4) is 0 Å². The van der Waals surface area contributed by atoms with E-state index in [-0.39, 0.29) is 0 Å². The average molecular weight is 351 g/mol. The molecule has 0 atom stereocenters. The van der Waals surface area contributed by atoms with Gasteiger partial charge < -0.3 is 0 Å². The molecule has 0 aliphatic heterocycles. The number of halogens is 2. The molecule has 0 radical (unpaired) electrons. The van der Waals surface area contributed by atoms with Crippen LogP contribution < -0.4 is 0 Å². The van der Waals surface area contributed by atoms with Crippen molar-refractivity contribution in [2.75, 3.05) is 0 Å². The van der Waals surface area contributed by atoms with E-state index in [1.54, 1.807) is 12.3 Å². The number of benzene rings is 3. The maximum absolute atomic E-state index is 6.18. The lowest BCUT2D eigenvalue weighted by atomic mass is 10.1. The van der Waals surface area contributed by atoms with Crippen LogP contribution in [0.1, 0.15) is 16.7 Å². The van der Waals surface area contributed by atoms with Crippen LogP contribution in [-0.2, 0) is 0 Å². The van der Waals surface area contributed by atoms with Crippen molar-refractivity contribution in [3.8, 4) is 11.1 Å². The van der Waals surface area contributed by atoms with Gasteiger partial charge in [0.05, 0.1) is 16.3 Å². The molecule has 116 valence electrons. The fourth-order valence-electron chi connectivity index (χ4n) is 2.87. The van der Waals surface area contributed by atoms with Gasteiger partial charge in [-0.1, -0.05) is 83.9 Å². The van der Waals surface area contributed by atoms with E-state index < -0.39 is 0 Å². The SMILES string of the molecule is Clc1cccc(/C=N\N=C2c3ccccc3-c3ccccc32)c1Cl. The summed E-state index contributed by atoms with van der Waals surface area (Å²) in [7, 11) is 0. The Bertz CT molecular complexity index is 943. The maximum atomic E-state index is 6.18. The van der Waals surface area contributed by atoms with Gasteiger partial charge in [0, 0.05) is 16.7 Å². The summed E-state index contributed by atoms with van der Waals surface area (Å²) in [6, 6.07) is 21.9. The highest BCUT2D eigenvalue weighted by Crippen LogP contribution is 2.36. The molecule has 0 saturated carbocycles. The molecule has 0 saturated heterocycles. The molecule has 3 aromatic carbocycles. The van der Waals surface area contributed by atoms with Crippen molar-refractivity contribution in [2.24, 2.45) is 10.2 Å². The Morgan fingerprint density at radius 2 is 1.25 bits per heavy atom. The largest absolute Gasteiger partial charge is 0.158 e. The minimum atomic E-state index is 0.482. The predicted octanol–water partition coefficient (Wildman–Crippen LogP) is 5.85. The Hall–Kier alpha value is -2.42. The lowest BCUT2D eigenvalue weighted by molar-refractivity contribution is 1.25. The van der Waals surface area contributed by atoms with Gasteiger partial charge in [-0.15, -0.1) is 5.10 Å². The smallest absolute Gasteiger partial charge is 0.101 e. The highest BCUT2D eigenvalue weighted by atomic mass is 35.5. The van der Waals surface area contributed by atoms with Gasteiger partial charge in [0.25, 0.3) is 0 Å². The molecule has 2 nitrogen and oxygen atoms in total. The van der Waals surface area contributed by atoms with Gasteiger partial charge in [0.1, 0.15) is 5.71 Å². The zero-order valence-corrected chi connectivity index (χ0v) is 14.1. The first-order valence-electron chi connectivity index (χ1n) is 7.50. The molecule has 0 heterocycles. The third-order valence-corrected chi connectivity index (χ3v) is 4.82. The van der Waals surface area contributed by atoms with Crippen LogP contribution in [0.5, 0.6) is 0 Å². The topological polar surface area (TPSA) is 24.7 Å². The monoisotopic (exact) mass is 350 g/mol. The van der Waals surface area contributed by atoms with Gasteiger partial charge in [0.15, 0.2) is 0 Å². The lowest BCUT2D eigenvalue weighted by Gasteiger charge is -2.00. The van der Waals surface area contributed by atoms with E-state index in [0.717, 1.165) is 22.4 Å². The Balaban J connectivity index is 1.78. The van der Waals surface area contributed by atoms with Crippen LogP contribution in [0.15, 0.2) is 76.9 Å². The molecule has 0 amide bonds. The number of fused-ring (bicyclic) bond motifs is 3. The number of hydrogen-bond acceptors (Lipinski definition) is 2. The van der Waals surface area contributed by atoms with Crippen molar-refractivity contribution in [3.05, 3.63) is 93.5 Å². The van der Waals surface area contributed by atoms with Crippen molar-refractivity contribution in [1.82, 2.24) is 0 Å². The lowest BCUT2D eigenvalue weighted by Crippen LogP contribution is -1.97. The summed E-state index contributed by atoms with van der Waals surface area (Å²) >= 11 is 12.2. The molecule has 4 rings (SSSR count). The third kappa shape index (κ3) is 2.54. The fourth-order valence-corrected chi connectivity index (χ4v) is 3.23. The van der Waals surface area contributed by atoms with Crippen LogP contribution in [0.4, 0.5) is 0 Å². The predicted molar refractivity (Wildman–Crippen MR) is 102 cm³/mol. The minimum absolute atomic E-state index is 0.482. The second-order valence-electron chi connectivity index (χ2n) is 5.43. The first kappa shape index (κ1) is 15.1. The van der Waals surface area contributed by atoms with Crippen molar-refractivity contribution in [1.29, 1.82) is 0 Å². The van der Waals surface area contributed by atoms with Gasteiger partial charge in [-0.25, -0.2) is 0 Å². The molecule has 1 aliphatic rings. The first-order chi connectivity index (χ1) is 11.8. The molecular formula is C20H12Cl2N2. The number of hydrogen-bond donors (Lipinski definition) is 0. The number of rotatable bonds is 2. The minimum Gasteiger partial charge on any atom is -0.158 e. The molecule has 4 heteroatoms. The van der Waals surface area contributed by atoms with Crippen LogP contribution in [-0.4, -0.2) is 11.9 Å². The van der Waals surface area contributed by atoms with E-state index in [0.29, 0.717) is 10.0 Å². The summed E-state index contributed by atoms with van der Waals surface area (Å²) in [6.07, 6.45) is 1.63. The van der Waals surface area contributed by atoms with Gasteiger partial charge >= 0.3 is 0 Å². The second-order valence-corrected chi connectivity index (χ2v) is 6.21. The van der Waals surface area contributed by atoms with E-state index in [2.05, 4.69) is 34.5 Å². The van der Waals surface area contributed by atoms with E-state index in [9.17, 15) is 0 Å². The average Bonchev–Trinajstić information content (AvgIpc) is 2.93. The molecule has 1 aliphatic carbocycles.